The Kier molecular flexibility index (Phi) is 10.8. The minimum Gasteiger partial charge on any atom is -0.487 e. The number of likely N-dealkylation sites (tertiary alicyclic amines) is 1. The number of rotatable bonds is 8. The van der Waals surface area contributed by atoms with E-state index in [1.807, 2.05) is 0 Å². The molecule has 0 bridgehead atoms. The molecule has 0 saturated carbocycles. The maximum absolute atomic E-state index is 12.5. The van der Waals surface area contributed by atoms with Gasteiger partial charge in [0.2, 0.25) is 0 Å². The number of benzene rings is 1. The first-order valence-corrected chi connectivity index (χ1v) is 10.0. The number of carbonyl (C=O) groups excluding carboxylic acids is 1. The van der Waals surface area contributed by atoms with Gasteiger partial charge in [0.15, 0.2) is 0 Å². The number of urea groups is 1. The maximum atomic E-state index is 12.5. The molecular weight excluding hydrogens is 435 g/mol. The van der Waals surface area contributed by atoms with E-state index in [-0.39, 0.29) is 12.1 Å². The standard InChI is InChI=1S/C18H26F3N3O2.C2H2O4/c1-3-23(4-2)11-5-10-22-17(25)24-12-16(13-24)26-15-8-6-14(7-9-15)18(19,20)21;3-1(4)2(5)6/h6-9,16H,3-5,10-13H2,1-2H3,(H,22,25);(H,3,4)(H,5,6). The van der Waals surface area contributed by atoms with Crippen molar-refractivity contribution in [3.05, 3.63) is 29.8 Å². The van der Waals surface area contributed by atoms with Crippen LogP contribution in [0.1, 0.15) is 25.8 Å². The predicted molar refractivity (Wildman–Crippen MR) is 109 cm³/mol. The van der Waals surface area contributed by atoms with Crippen molar-refractivity contribution in [1.29, 1.82) is 0 Å². The lowest BCUT2D eigenvalue weighted by Crippen LogP contribution is -2.59. The van der Waals surface area contributed by atoms with Gasteiger partial charge in [0.25, 0.3) is 0 Å². The third-order valence-corrected chi connectivity index (χ3v) is 4.62. The number of amides is 2. The molecule has 2 amide bonds. The third-order valence-electron chi connectivity index (χ3n) is 4.62. The molecule has 1 saturated heterocycles. The van der Waals surface area contributed by atoms with Gasteiger partial charge in [-0.3, -0.25) is 0 Å². The van der Waals surface area contributed by atoms with Crippen molar-refractivity contribution in [2.45, 2.75) is 32.5 Å². The third kappa shape index (κ3) is 9.41. The van der Waals surface area contributed by atoms with E-state index in [0.717, 1.165) is 38.2 Å². The van der Waals surface area contributed by atoms with Crippen LogP contribution in [0.4, 0.5) is 18.0 Å². The highest BCUT2D eigenvalue weighted by Crippen LogP contribution is 2.30. The molecule has 0 aromatic heterocycles. The van der Waals surface area contributed by atoms with E-state index in [4.69, 9.17) is 24.5 Å². The zero-order chi connectivity index (χ0) is 24.3. The maximum Gasteiger partial charge on any atom is 0.416 e. The fraction of sp³-hybridized carbons (Fsp3) is 0.550. The fourth-order valence-corrected chi connectivity index (χ4v) is 2.74. The largest absolute Gasteiger partial charge is 0.487 e. The van der Waals surface area contributed by atoms with E-state index in [2.05, 4.69) is 24.1 Å². The van der Waals surface area contributed by atoms with Crippen molar-refractivity contribution >= 4 is 18.0 Å². The lowest BCUT2D eigenvalue weighted by Gasteiger charge is -2.38. The number of aliphatic carboxylic acids is 2. The first kappa shape index (κ1) is 27.0. The average Bonchev–Trinajstić information content (AvgIpc) is 2.70. The lowest BCUT2D eigenvalue weighted by molar-refractivity contribution is -0.159. The number of carboxylic acid groups (broad SMARTS) is 2. The van der Waals surface area contributed by atoms with Gasteiger partial charge in [0.1, 0.15) is 11.9 Å². The van der Waals surface area contributed by atoms with Gasteiger partial charge in [-0.15, -0.1) is 0 Å². The van der Waals surface area contributed by atoms with Gasteiger partial charge in [-0.05, 0) is 50.3 Å². The molecule has 0 unspecified atom stereocenters. The first-order chi connectivity index (χ1) is 15.0. The second-order valence-corrected chi connectivity index (χ2v) is 6.89. The SMILES string of the molecule is CCN(CC)CCCNC(=O)N1CC(Oc2ccc(C(F)(F)F)cc2)C1.O=C(O)C(=O)O. The van der Waals surface area contributed by atoms with Crippen molar-refractivity contribution < 1.29 is 42.5 Å². The van der Waals surface area contributed by atoms with Gasteiger partial charge in [0.05, 0.1) is 18.7 Å². The summed E-state index contributed by atoms with van der Waals surface area (Å²) in [6, 6.07) is 4.47. The van der Waals surface area contributed by atoms with Gasteiger partial charge >= 0.3 is 24.1 Å². The summed E-state index contributed by atoms with van der Waals surface area (Å²) in [5, 5.41) is 17.7. The normalized spacial score (nSPS) is 13.6. The minimum absolute atomic E-state index is 0.128. The van der Waals surface area contributed by atoms with E-state index < -0.39 is 23.7 Å². The van der Waals surface area contributed by atoms with Crippen LogP contribution < -0.4 is 10.1 Å². The van der Waals surface area contributed by atoms with Crippen LogP contribution in [0.15, 0.2) is 24.3 Å². The van der Waals surface area contributed by atoms with E-state index >= 15 is 0 Å². The molecule has 3 N–H and O–H groups in total. The summed E-state index contributed by atoms with van der Waals surface area (Å²) in [6.07, 6.45) is -3.64. The Morgan fingerprint density at radius 1 is 1.09 bits per heavy atom. The monoisotopic (exact) mass is 463 g/mol. The fourth-order valence-electron chi connectivity index (χ4n) is 2.74. The van der Waals surface area contributed by atoms with Crippen LogP contribution in [0.2, 0.25) is 0 Å². The molecule has 1 aliphatic rings. The number of carbonyl (C=O) groups is 3. The van der Waals surface area contributed by atoms with Gasteiger partial charge in [-0.1, -0.05) is 13.8 Å². The molecule has 0 spiro atoms. The van der Waals surface area contributed by atoms with Crippen LogP contribution in [0.5, 0.6) is 5.75 Å². The Labute approximate surface area is 183 Å². The van der Waals surface area contributed by atoms with E-state index in [9.17, 15) is 18.0 Å². The molecule has 1 aromatic carbocycles. The molecule has 32 heavy (non-hydrogen) atoms. The molecule has 0 radical (unpaired) electrons. The molecule has 1 aliphatic heterocycles. The van der Waals surface area contributed by atoms with Crippen molar-refractivity contribution in [3.8, 4) is 5.75 Å². The number of hydrogen-bond acceptors (Lipinski definition) is 5. The second kappa shape index (κ2) is 12.7. The first-order valence-electron chi connectivity index (χ1n) is 10.0. The van der Waals surface area contributed by atoms with Gasteiger partial charge in [-0.2, -0.15) is 13.2 Å². The molecule has 0 atom stereocenters. The van der Waals surface area contributed by atoms with E-state index in [1.54, 1.807) is 4.90 Å². The molecule has 2 rings (SSSR count). The highest BCUT2D eigenvalue weighted by atomic mass is 19.4. The highest BCUT2D eigenvalue weighted by Gasteiger charge is 2.33. The Hall–Kier alpha value is -3.02. The van der Waals surface area contributed by atoms with Crippen LogP contribution in [-0.4, -0.2) is 83.4 Å². The smallest absolute Gasteiger partial charge is 0.416 e. The summed E-state index contributed by atoms with van der Waals surface area (Å²) in [4.78, 5) is 34.1. The molecule has 1 fully saturated rings. The summed E-state index contributed by atoms with van der Waals surface area (Å²) in [6.45, 7) is 8.66. The lowest BCUT2D eigenvalue weighted by atomic mass is 10.1. The Balaban J connectivity index is 0.000000751. The molecule has 12 heteroatoms. The van der Waals surface area contributed by atoms with Gasteiger partial charge < -0.3 is 30.1 Å². The summed E-state index contributed by atoms with van der Waals surface area (Å²) in [5.41, 5.74) is -0.704. The summed E-state index contributed by atoms with van der Waals surface area (Å²) in [5.74, 6) is -3.27. The Morgan fingerprint density at radius 2 is 1.62 bits per heavy atom. The number of nitrogens with zero attached hydrogens (tertiary/aromatic N) is 2. The second-order valence-electron chi connectivity index (χ2n) is 6.89. The molecule has 1 aromatic rings. The zero-order valence-electron chi connectivity index (χ0n) is 17.9. The summed E-state index contributed by atoms with van der Waals surface area (Å²) >= 11 is 0. The molecule has 180 valence electrons. The number of alkyl halides is 3. The Morgan fingerprint density at radius 3 is 2.06 bits per heavy atom. The van der Waals surface area contributed by atoms with Crippen molar-refractivity contribution in [3.63, 3.8) is 0 Å². The zero-order valence-corrected chi connectivity index (χ0v) is 17.9. The van der Waals surface area contributed by atoms with Crippen molar-refractivity contribution in [2.75, 3.05) is 39.3 Å². The minimum atomic E-state index is -4.35. The summed E-state index contributed by atoms with van der Waals surface area (Å²) in [7, 11) is 0. The number of ether oxygens (including phenoxy) is 1. The van der Waals surface area contributed by atoms with Crippen LogP contribution in [0.25, 0.3) is 0 Å². The topological polar surface area (TPSA) is 119 Å². The quantitative estimate of drug-likeness (QED) is 0.400. The van der Waals surface area contributed by atoms with Crippen molar-refractivity contribution in [1.82, 2.24) is 15.1 Å². The van der Waals surface area contributed by atoms with Crippen molar-refractivity contribution in [2.24, 2.45) is 0 Å². The average molecular weight is 463 g/mol. The molecule has 0 aliphatic carbocycles. The van der Waals surface area contributed by atoms with Crippen LogP contribution in [0, 0.1) is 0 Å². The van der Waals surface area contributed by atoms with Crippen LogP contribution in [-0.2, 0) is 15.8 Å². The molecule has 9 nitrogen and oxygen atoms in total. The number of nitrogens with one attached hydrogen (secondary N) is 1. The molecule has 1 heterocycles. The van der Waals surface area contributed by atoms with Gasteiger partial charge in [0, 0.05) is 6.54 Å². The van der Waals surface area contributed by atoms with E-state index in [0.29, 0.717) is 25.4 Å². The molecular formula is C20H28F3N3O6. The van der Waals surface area contributed by atoms with Crippen LogP contribution >= 0.6 is 0 Å². The number of hydrogen-bond donors (Lipinski definition) is 3. The highest BCUT2D eigenvalue weighted by molar-refractivity contribution is 6.27. The van der Waals surface area contributed by atoms with Crippen LogP contribution in [0.3, 0.4) is 0 Å². The predicted octanol–water partition coefficient (Wildman–Crippen LogP) is 2.37. The Bertz CT molecular complexity index is 736. The number of halogens is 3. The van der Waals surface area contributed by atoms with E-state index in [1.165, 1.54) is 12.1 Å². The van der Waals surface area contributed by atoms with Gasteiger partial charge in [-0.25, -0.2) is 14.4 Å². The summed E-state index contributed by atoms with van der Waals surface area (Å²) < 4.78 is 43.1. The number of carboxylic acids is 2.